The Kier molecular flexibility index (Phi) is 3.56. The minimum Gasteiger partial charge on any atom is -0.324 e. The van der Waals surface area contributed by atoms with Gasteiger partial charge >= 0.3 is 0 Å². The lowest BCUT2D eigenvalue weighted by Gasteiger charge is -2.42. The fraction of sp³-hybridized carbons (Fsp3) is 0.611. The van der Waals surface area contributed by atoms with Crippen molar-refractivity contribution < 1.29 is 4.79 Å². The van der Waals surface area contributed by atoms with Gasteiger partial charge in [-0.05, 0) is 41.4 Å². The molecule has 3 nitrogen and oxygen atoms in total. The van der Waals surface area contributed by atoms with E-state index < -0.39 is 0 Å². The monoisotopic (exact) mass is 286 g/mol. The average Bonchev–Trinajstić information content (AvgIpc) is 2.72. The predicted octanol–water partition coefficient (Wildman–Crippen LogP) is 3.42. The molecule has 0 radical (unpaired) electrons. The number of benzene rings is 1. The summed E-state index contributed by atoms with van der Waals surface area (Å²) in [5, 5.41) is 0. The largest absolute Gasteiger partial charge is 0.324 e. The third-order valence-electron chi connectivity index (χ3n) is 5.59. The summed E-state index contributed by atoms with van der Waals surface area (Å²) in [7, 11) is 1.85. The van der Waals surface area contributed by atoms with Crippen LogP contribution in [0.3, 0.4) is 0 Å². The first-order valence-corrected chi connectivity index (χ1v) is 8.05. The van der Waals surface area contributed by atoms with Crippen LogP contribution in [0.1, 0.15) is 56.7 Å². The van der Waals surface area contributed by atoms with E-state index in [1.807, 2.05) is 7.05 Å². The highest BCUT2D eigenvalue weighted by atomic mass is 16.2. The molecule has 2 N–H and O–H groups in total. The van der Waals surface area contributed by atoms with Gasteiger partial charge in [-0.1, -0.05) is 38.8 Å². The van der Waals surface area contributed by atoms with Crippen molar-refractivity contribution in [1.29, 1.82) is 0 Å². The predicted molar refractivity (Wildman–Crippen MR) is 86.2 cm³/mol. The van der Waals surface area contributed by atoms with Gasteiger partial charge in [0, 0.05) is 18.8 Å². The Morgan fingerprint density at radius 3 is 2.81 bits per heavy atom. The molecule has 114 valence electrons. The Bertz CT molecular complexity index is 564. The van der Waals surface area contributed by atoms with E-state index >= 15 is 0 Å². The van der Waals surface area contributed by atoms with Gasteiger partial charge in [-0.2, -0.15) is 0 Å². The molecule has 1 aliphatic heterocycles. The lowest BCUT2D eigenvalue weighted by molar-refractivity contribution is -0.117. The summed E-state index contributed by atoms with van der Waals surface area (Å²) in [6.07, 6.45) is 5.59. The van der Waals surface area contributed by atoms with Crippen LogP contribution in [-0.4, -0.2) is 13.0 Å². The van der Waals surface area contributed by atoms with Crippen molar-refractivity contribution in [3.63, 3.8) is 0 Å². The molecule has 21 heavy (non-hydrogen) atoms. The molecular formula is C18H26N2O. The molecule has 0 bridgehead atoms. The van der Waals surface area contributed by atoms with Crippen LogP contribution in [0.4, 0.5) is 5.69 Å². The summed E-state index contributed by atoms with van der Waals surface area (Å²) in [4.78, 5) is 13.6. The number of nitrogens with two attached hydrogens (primary N) is 1. The molecule has 2 unspecified atom stereocenters. The highest BCUT2D eigenvalue weighted by Gasteiger charge is 2.37. The second kappa shape index (κ2) is 5.13. The van der Waals surface area contributed by atoms with E-state index in [9.17, 15) is 4.79 Å². The van der Waals surface area contributed by atoms with Crippen LogP contribution >= 0.6 is 0 Å². The summed E-state index contributed by atoms with van der Waals surface area (Å²) in [5.74, 6) is 0.702. The number of nitrogens with zero attached hydrogens (tertiary/aromatic N) is 1. The molecule has 1 aliphatic carbocycles. The van der Waals surface area contributed by atoms with Gasteiger partial charge < -0.3 is 10.6 Å². The number of likely N-dealkylation sites (N-methyl/N-ethyl adjacent to an activating group) is 1. The van der Waals surface area contributed by atoms with Crippen molar-refractivity contribution in [3.8, 4) is 0 Å². The molecule has 1 aromatic rings. The van der Waals surface area contributed by atoms with Crippen LogP contribution in [0.25, 0.3) is 0 Å². The topological polar surface area (TPSA) is 46.3 Å². The zero-order valence-corrected chi connectivity index (χ0v) is 13.4. The van der Waals surface area contributed by atoms with E-state index in [4.69, 9.17) is 5.73 Å². The molecule has 1 fully saturated rings. The molecule has 1 saturated carbocycles. The van der Waals surface area contributed by atoms with Gasteiger partial charge in [-0.3, -0.25) is 4.79 Å². The first-order chi connectivity index (χ1) is 9.90. The van der Waals surface area contributed by atoms with Crippen molar-refractivity contribution >= 4 is 11.6 Å². The van der Waals surface area contributed by atoms with Gasteiger partial charge in [0.15, 0.2) is 0 Å². The first kappa shape index (κ1) is 14.6. The molecule has 1 aromatic carbocycles. The molecule has 3 heteroatoms. The summed E-state index contributed by atoms with van der Waals surface area (Å²) < 4.78 is 0. The van der Waals surface area contributed by atoms with Crippen molar-refractivity contribution in [2.24, 2.45) is 17.1 Å². The summed E-state index contributed by atoms with van der Waals surface area (Å²) in [5.41, 5.74) is 10.3. The number of carbonyl (C=O) groups is 1. The van der Waals surface area contributed by atoms with Crippen molar-refractivity contribution in [2.45, 2.75) is 52.0 Å². The maximum absolute atomic E-state index is 11.8. The van der Waals surface area contributed by atoms with Crippen LogP contribution in [0.5, 0.6) is 0 Å². The van der Waals surface area contributed by atoms with E-state index in [2.05, 4.69) is 32.0 Å². The van der Waals surface area contributed by atoms with Gasteiger partial charge in [-0.25, -0.2) is 0 Å². The maximum Gasteiger partial charge on any atom is 0.231 e. The molecule has 1 heterocycles. The number of amides is 1. The molecule has 3 rings (SSSR count). The normalized spacial score (nSPS) is 25.8. The molecule has 2 atom stereocenters. The van der Waals surface area contributed by atoms with E-state index in [1.54, 1.807) is 4.90 Å². The van der Waals surface area contributed by atoms with Crippen LogP contribution in [0, 0.1) is 11.3 Å². The molecule has 0 saturated heterocycles. The van der Waals surface area contributed by atoms with Crippen molar-refractivity contribution in [3.05, 3.63) is 29.3 Å². The van der Waals surface area contributed by atoms with E-state index in [0.717, 1.165) is 11.3 Å². The SMILES string of the molecule is CN1C(=O)Cc2cc(C(N)C3CCCCC3(C)C)ccc21. The van der Waals surface area contributed by atoms with E-state index in [-0.39, 0.29) is 11.9 Å². The zero-order chi connectivity index (χ0) is 15.2. The fourth-order valence-corrected chi connectivity index (χ4v) is 4.12. The number of carbonyl (C=O) groups excluding carboxylic acids is 1. The Morgan fingerprint density at radius 1 is 1.33 bits per heavy atom. The summed E-state index contributed by atoms with van der Waals surface area (Å²) in [6.45, 7) is 4.70. The Labute approximate surface area is 127 Å². The average molecular weight is 286 g/mol. The summed E-state index contributed by atoms with van der Waals surface area (Å²) >= 11 is 0. The van der Waals surface area contributed by atoms with Crippen LogP contribution in [0.15, 0.2) is 18.2 Å². The van der Waals surface area contributed by atoms with Crippen LogP contribution in [-0.2, 0) is 11.2 Å². The number of hydrogen-bond donors (Lipinski definition) is 1. The Balaban J connectivity index is 1.88. The quantitative estimate of drug-likeness (QED) is 0.905. The Hall–Kier alpha value is -1.35. The molecule has 1 amide bonds. The number of fused-ring (bicyclic) bond motifs is 1. The van der Waals surface area contributed by atoms with Gasteiger partial charge in [0.1, 0.15) is 0 Å². The third kappa shape index (κ3) is 2.48. The van der Waals surface area contributed by atoms with E-state index in [0.29, 0.717) is 17.8 Å². The number of anilines is 1. The van der Waals surface area contributed by atoms with Gasteiger partial charge in [-0.15, -0.1) is 0 Å². The zero-order valence-electron chi connectivity index (χ0n) is 13.4. The lowest BCUT2D eigenvalue weighted by Crippen LogP contribution is -2.36. The molecular weight excluding hydrogens is 260 g/mol. The van der Waals surface area contributed by atoms with E-state index in [1.165, 1.54) is 31.2 Å². The third-order valence-corrected chi connectivity index (χ3v) is 5.59. The maximum atomic E-state index is 11.8. The van der Waals surface area contributed by atoms with Crippen molar-refractivity contribution in [2.75, 3.05) is 11.9 Å². The fourth-order valence-electron chi connectivity index (χ4n) is 4.12. The van der Waals surface area contributed by atoms with Gasteiger partial charge in [0.25, 0.3) is 0 Å². The minimum atomic E-state index is 0.0756. The highest BCUT2D eigenvalue weighted by molar-refractivity contribution is 6.00. The number of hydrogen-bond acceptors (Lipinski definition) is 2. The second-order valence-corrected chi connectivity index (χ2v) is 7.38. The number of rotatable bonds is 2. The van der Waals surface area contributed by atoms with Crippen molar-refractivity contribution in [1.82, 2.24) is 0 Å². The highest BCUT2D eigenvalue weighted by Crippen LogP contribution is 2.46. The van der Waals surface area contributed by atoms with Crippen LogP contribution in [0.2, 0.25) is 0 Å². The molecule has 2 aliphatic rings. The second-order valence-electron chi connectivity index (χ2n) is 7.38. The van der Waals surface area contributed by atoms with Gasteiger partial charge in [0.2, 0.25) is 5.91 Å². The van der Waals surface area contributed by atoms with Crippen LogP contribution < -0.4 is 10.6 Å². The van der Waals surface area contributed by atoms with Gasteiger partial charge in [0.05, 0.1) is 6.42 Å². The molecule has 0 spiro atoms. The lowest BCUT2D eigenvalue weighted by atomic mass is 9.65. The first-order valence-electron chi connectivity index (χ1n) is 8.05. The standard InChI is InChI=1S/C18H26N2O/c1-18(2)9-5-4-6-14(18)17(19)12-7-8-15-13(10-12)11-16(21)20(15)3/h7-8,10,14,17H,4-6,9,11,19H2,1-3H3. The smallest absolute Gasteiger partial charge is 0.231 e. The molecule has 0 aromatic heterocycles. The Morgan fingerprint density at radius 2 is 2.10 bits per heavy atom. The summed E-state index contributed by atoms with van der Waals surface area (Å²) in [6, 6.07) is 6.41. The minimum absolute atomic E-state index is 0.0756.